The fourth-order valence-corrected chi connectivity index (χ4v) is 1.04. The van der Waals surface area contributed by atoms with Gasteiger partial charge in [0, 0.05) is 18.9 Å². The van der Waals surface area contributed by atoms with Crippen molar-refractivity contribution in [1.29, 1.82) is 5.41 Å². The number of allylic oxidation sites excluding steroid dienone is 1. The van der Waals surface area contributed by atoms with Crippen molar-refractivity contribution in [1.82, 2.24) is 0 Å². The quantitative estimate of drug-likeness (QED) is 0.399. The zero-order valence-electron chi connectivity index (χ0n) is 6.88. The van der Waals surface area contributed by atoms with Crippen molar-refractivity contribution in [2.24, 2.45) is 0 Å². The Morgan fingerprint density at radius 3 is 2.92 bits per heavy atom. The van der Waals surface area contributed by atoms with Crippen molar-refractivity contribution in [3.63, 3.8) is 0 Å². The molecule has 0 fully saturated rings. The van der Waals surface area contributed by atoms with Crippen molar-refractivity contribution < 1.29 is 1.43 Å². The van der Waals surface area contributed by atoms with Crippen molar-refractivity contribution in [2.75, 3.05) is 5.73 Å². The minimum Gasteiger partial charge on any atom is -0.398 e. The summed E-state index contributed by atoms with van der Waals surface area (Å²) in [5, 5.41) is 7.08. The van der Waals surface area contributed by atoms with Gasteiger partial charge >= 0.3 is 0 Å². The van der Waals surface area contributed by atoms with Gasteiger partial charge in [-0.2, -0.15) is 0 Å². The second-order valence-electron chi connectivity index (χ2n) is 2.60. The number of anilines is 1. The van der Waals surface area contributed by atoms with E-state index in [-0.39, 0.29) is 1.43 Å². The first-order chi connectivity index (χ1) is 5.77. The molecular weight excluding hydrogens is 148 g/mol. The summed E-state index contributed by atoms with van der Waals surface area (Å²) in [6.45, 7) is 3.65. The summed E-state index contributed by atoms with van der Waals surface area (Å²) >= 11 is 0. The highest BCUT2D eigenvalue weighted by Crippen LogP contribution is 2.12. The van der Waals surface area contributed by atoms with Crippen LogP contribution in [0.3, 0.4) is 0 Å². The van der Waals surface area contributed by atoms with E-state index in [2.05, 4.69) is 6.58 Å². The third-order valence-electron chi connectivity index (χ3n) is 1.69. The lowest BCUT2D eigenvalue weighted by atomic mass is 10.1. The molecule has 0 spiro atoms. The molecule has 0 radical (unpaired) electrons. The maximum absolute atomic E-state index is 7.08. The molecule has 2 nitrogen and oxygen atoms in total. The standard InChI is InChI=1S/C10H12N2.H2/c1-2-3-8-4-5-10(12)9(6-8)7-11;/h2,4-7,11H,1,3,12H2;1H. The highest BCUT2D eigenvalue weighted by atomic mass is 14.6. The Morgan fingerprint density at radius 2 is 2.33 bits per heavy atom. The lowest BCUT2D eigenvalue weighted by Gasteiger charge is -2.01. The Hall–Kier alpha value is -1.57. The van der Waals surface area contributed by atoms with Gasteiger partial charge in [0.15, 0.2) is 0 Å². The molecule has 1 aromatic carbocycles. The van der Waals surface area contributed by atoms with Gasteiger partial charge in [-0.05, 0) is 24.1 Å². The summed E-state index contributed by atoms with van der Waals surface area (Å²) in [6, 6.07) is 5.67. The number of benzene rings is 1. The van der Waals surface area contributed by atoms with Gasteiger partial charge in [-0.1, -0.05) is 12.1 Å². The van der Waals surface area contributed by atoms with Crippen LogP contribution in [0.2, 0.25) is 0 Å². The lowest BCUT2D eigenvalue weighted by Crippen LogP contribution is -1.94. The van der Waals surface area contributed by atoms with E-state index in [4.69, 9.17) is 11.1 Å². The van der Waals surface area contributed by atoms with Gasteiger partial charge in [-0.3, -0.25) is 0 Å². The maximum atomic E-state index is 7.08. The highest BCUT2D eigenvalue weighted by molar-refractivity contribution is 5.85. The fourth-order valence-electron chi connectivity index (χ4n) is 1.04. The Morgan fingerprint density at radius 1 is 1.58 bits per heavy atom. The van der Waals surface area contributed by atoms with Gasteiger partial charge in [-0.15, -0.1) is 6.58 Å². The molecule has 0 saturated carbocycles. The molecule has 1 aromatic rings. The molecule has 0 aliphatic rings. The average Bonchev–Trinajstić information content (AvgIpc) is 2.09. The minimum absolute atomic E-state index is 0. The molecule has 2 heteroatoms. The number of nitrogens with one attached hydrogen (secondary N) is 1. The first-order valence-electron chi connectivity index (χ1n) is 3.77. The predicted octanol–water partition coefficient (Wildman–Crippen LogP) is 2.24. The molecule has 0 unspecified atom stereocenters. The maximum Gasteiger partial charge on any atom is 0.0403 e. The molecule has 0 atom stereocenters. The monoisotopic (exact) mass is 162 g/mol. The summed E-state index contributed by atoms with van der Waals surface area (Å²) in [5.74, 6) is 0. The van der Waals surface area contributed by atoms with Crippen molar-refractivity contribution in [3.05, 3.63) is 42.0 Å². The molecule has 1 rings (SSSR count). The Balaban J connectivity index is 0.00000144. The van der Waals surface area contributed by atoms with Gasteiger partial charge < -0.3 is 11.1 Å². The van der Waals surface area contributed by atoms with Crippen LogP contribution >= 0.6 is 0 Å². The van der Waals surface area contributed by atoms with Crippen LogP contribution in [0.1, 0.15) is 12.6 Å². The fraction of sp³-hybridized carbons (Fsp3) is 0.100. The highest BCUT2D eigenvalue weighted by Gasteiger charge is 1.96. The molecular formula is C10H14N2. The minimum atomic E-state index is 0. The van der Waals surface area contributed by atoms with Crippen molar-refractivity contribution in [2.45, 2.75) is 6.42 Å². The number of hydrogen-bond donors (Lipinski definition) is 2. The summed E-state index contributed by atoms with van der Waals surface area (Å²) in [4.78, 5) is 0. The van der Waals surface area contributed by atoms with E-state index in [0.717, 1.165) is 17.5 Å². The van der Waals surface area contributed by atoms with Crippen LogP contribution in [0.4, 0.5) is 5.69 Å². The second kappa shape index (κ2) is 3.72. The van der Waals surface area contributed by atoms with Gasteiger partial charge in [0.1, 0.15) is 0 Å². The first kappa shape index (κ1) is 8.53. The zero-order valence-corrected chi connectivity index (χ0v) is 6.88. The summed E-state index contributed by atoms with van der Waals surface area (Å²) in [7, 11) is 0. The third kappa shape index (κ3) is 1.72. The largest absolute Gasteiger partial charge is 0.398 e. The SMILES string of the molecule is C=CCc1ccc(N)c(C=N)c1.[HH]. The van der Waals surface area contributed by atoms with Crippen LogP contribution in [0.25, 0.3) is 0 Å². The van der Waals surface area contributed by atoms with Gasteiger partial charge in [0.2, 0.25) is 0 Å². The van der Waals surface area contributed by atoms with Crippen LogP contribution in [-0.2, 0) is 6.42 Å². The van der Waals surface area contributed by atoms with Gasteiger partial charge in [0.05, 0.1) is 0 Å². The van der Waals surface area contributed by atoms with E-state index in [1.807, 2.05) is 24.3 Å². The van der Waals surface area contributed by atoms with E-state index in [9.17, 15) is 0 Å². The number of rotatable bonds is 3. The average molecular weight is 162 g/mol. The molecule has 3 N–H and O–H groups in total. The van der Waals surface area contributed by atoms with E-state index in [0.29, 0.717) is 5.69 Å². The Labute approximate surface area is 73.7 Å². The smallest absolute Gasteiger partial charge is 0.0403 e. The number of hydrogen-bond acceptors (Lipinski definition) is 2. The molecule has 0 aromatic heterocycles. The first-order valence-corrected chi connectivity index (χ1v) is 3.77. The van der Waals surface area contributed by atoms with E-state index in [1.54, 1.807) is 0 Å². The number of nitrogens with two attached hydrogens (primary N) is 1. The Bertz CT molecular complexity index is 308. The van der Waals surface area contributed by atoms with Crippen LogP contribution in [0, 0.1) is 5.41 Å². The lowest BCUT2D eigenvalue weighted by molar-refractivity contribution is 1.27. The zero-order chi connectivity index (χ0) is 8.97. The normalized spacial score (nSPS) is 9.33. The van der Waals surface area contributed by atoms with E-state index < -0.39 is 0 Å². The van der Waals surface area contributed by atoms with E-state index in [1.165, 1.54) is 6.21 Å². The van der Waals surface area contributed by atoms with E-state index >= 15 is 0 Å². The van der Waals surface area contributed by atoms with Gasteiger partial charge in [0.25, 0.3) is 0 Å². The van der Waals surface area contributed by atoms with Crippen molar-refractivity contribution in [3.8, 4) is 0 Å². The molecule has 0 saturated heterocycles. The third-order valence-corrected chi connectivity index (χ3v) is 1.69. The molecule has 64 valence electrons. The molecule has 0 heterocycles. The molecule has 0 aliphatic carbocycles. The van der Waals surface area contributed by atoms with Crippen LogP contribution < -0.4 is 5.73 Å². The number of nitrogen functional groups attached to an aromatic ring is 1. The predicted molar refractivity (Wildman–Crippen MR) is 54.8 cm³/mol. The summed E-state index contributed by atoms with van der Waals surface area (Å²) in [5.41, 5.74) is 8.18. The Kier molecular flexibility index (Phi) is 2.64. The molecule has 0 aliphatic heterocycles. The topological polar surface area (TPSA) is 49.9 Å². The summed E-state index contributed by atoms with van der Waals surface area (Å²) in [6.07, 6.45) is 3.92. The molecule has 0 amide bonds. The van der Waals surface area contributed by atoms with Crippen LogP contribution in [0.5, 0.6) is 0 Å². The second-order valence-corrected chi connectivity index (χ2v) is 2.60. The van der Waals surface area contributed by atoms with Gasteiger partial charge in [-0.25, -0.2) is 0 Å². The van der Waals surface area contributed by atoms with Crippen LogP contribution in [0.15, 0.2) is 30.9 Å². The molecule has 0 bridgehead atoms. The molecule has 12 heavy (non-hydrogen) atoms. The van der Waals surface area contributed by atoms with Crippen molar-refractivity contribution >= 4 is 11.9 Å². The summed E-state index contributed by atoms with van der Waals surface area (Å²) < 4.78 is 0. The van der Waals surface area contributed by atoms with Crippen LogP contribution in [-0.4, -0.2) is 6.21 Å².